The molecule has 4 fully saturated rings. The molecule has 0 radical (unpaired) electrons. The smallest absolute Gasteiger partial charge is 0.303 e. The number of carbonyl (C=O) groups is 1. The van der Waals surface area contributed by atoms with Crippen LogP contribution in [0.5, 0.6) is 0 Å². The van der Waals surface area contributed by atoms with E-state index < -0.39 is 30.9 Å². The number of benzene rings is 1. The number of carbonyl (C=O) groups excluding carboxylic acids is 1. The lowest BCUT2D eigenvalue weighted by atomic mass is 9.78. The second kappa shape index (κ2) is 17.9. The number of ether oxygens (including phenoxy) is 9. The summed E-state index contributed by atoms with van der Waals surface area (Å²) in [6, 6.07) is 10.2. The van der Waals surface area contributed by atoms with Crippen LogP contribution in [0.3, 0.4) is 0 Å². The molecule has 296 valence electrons. The molecule has 0 aromatic heterocycles. The molecule has 0 bridgehead atoms. The maximum absolute atomic E-state index is 12.2. The fourth-order valence-electron chi connectivity index (χ4n) is 8.54. The Morgan fingerprint density at radius 3 is 1.75 bits per heavy atom. The molecule has 1 aromatic carbocycles. The summed E-state index contributed by atoms with van der Waals surface area (Å²) >= 11 is 0. The van der Waals surface area contributed by atoms with Crippen molar-refractivity contribution in [3.8, 4) is 0 Å². The Hall–Kier alpha value is -1.63. The van der Waals surface area contributed by atoms with Crippen molar-refractivity contribution in [3.05, 3.63) is 35.9 Å². The average Bonchev–Trinajstić information content (AvgIpc) is 3.10. The van der Waals surface area contributed by atoms with E-state index in [0.29, 0.717) is 25.0 Å². The molecular formula is C42H68O10. The van der Waals surface area contributed by atoms with Crippen LogP contribution in [0.15, 0.2) is 30.3 Å². The van der Waals surface area contributed by atoms with Gasteiger partial charge in [-0.2, -0.15) is 0 Å². The molecule has 10 heteroatoms. The van der Waals surface area contributed by atoms with Crippen molar-refractivity contribution in [2.24, 2.45) is 47.3 Å². The summed E-state index contributed by atoms with van der Waals surface area (Å²) in [4.78, 5) is 12.2. The first-order valence-corrected chi connectivity index (χ1v) is 20.0. The van der Waals surface area contributed by atoms with Crippen LogP contribution in [-0.4, -0.2) is 86.4 Å². The standard InChI is InChI=1S/C42H68O10/c1-21-23(3)35(20-44-19-34-17-15-14-16-18-34)49-40(25(21)5)50-36-26(6)31(11)46-41(28(36)8)52-38-24(4)22(2)29(9)47-42(38)51-37-27(7)30(10)45-32(12)39(37)48-33(13)43/h14-18,21-32,35-42H,19-20H2,1-13H3/t21?,22-,23+,24+,25?,26+,27+,28?,29?,30?,31?,32+,35+,36+,37+,38?,39?,40-,41+,42+/m1/s1. The molecule has 4 saturated heterocycles. The highest BCUT2D eigenvalue weighted by atomic mass is 16.8. The Labute approximate surface area is 313 Å². The van der Waals surface area contributed by atoms with Crippen LogP contribution >= 0.6 is 0 Å². The Morgan fingerprint density at radius 2 is 1.08 bits per heavy atom. The molecule has 0 N–H and O–H groups in total. The van der Waals surface area contributed by atoms with E-state index in [1.54, 1.807) is 0 Å². The second-order valence-electron chi connectivity index (χ2n) is 16.8. The van der Waals surface area contributed by atoms with Gasteiger partial charge in [0.2, 0.25) is 0 Å². The van der Waals surface area contributed by atoms with Crippen molar-refractivity contribution in [3.63, 3.8) is 0 Å². The minimum atomic E-state index is -0.699. The minimum Gasteiger partial charge on any atom is -0.457 e. The van der Waals surface area contributed by atoms with Crippen molar-refractivity contribution in [2.75, 3.05) is 6.61 Å². The highest BCUT2D eigenvalue weighted by Crippen LogP contribution is 2.43. The highest BCUT2D eigenvalue weighted by Gasteiger charge is 2.52. The highest BCUT2D eigenvalue weighted by molar-refractivity contribution is 5.66. The zero-order valence-corrected chi connectivity index (χ0v) is 33.9. The molecule has 5 rings (SSSR count). The molecule has 0 aliphatic carbocycles. The van der Waals surface area contributed by atoms with Crippen LogP contribution in [0.4, 0.5) is 0 Å². The maximum Gasteiger partial charge on any atom is 0.303 e. The molecule has 0 saturated carbocycles. The van der Waals surface area contributed by atoms with Gasteiger partial charge in [0.1, 0.15) is 12.2 Å². The van der Waals surface area contributed by atoms with Crippen molar-refractivity contribution < 1.29 is 47.4 Å². The molecule has 0 amide bonds. The molecule has 4 aliphatic heterocycles. The molecule has 8 unspecified atom stereocenters. The Morgan fingerprint density at radius 1 is 0.519 bits per heavy atom. The zero-order valence-electron chi connectivity index (χ0n) is 33.9. The molecule has 4 aliphatic rings. The molecule has 52 heavy (non-hydrogen) atoms. The summed E-state index contributed by atoms with van der Waals surface area (Å²) < 4.78 is 58.9. The van der Waals surface area contributed by atoms with Crippen molar-refractivity contribution in [2.45, 2.75) is 170 Å². The third kappa shape index (κ3) is 9.24. The Kier molecular flexibility index (Phi) is 14.3. The molecule has 0 spiro atoms. The predicted octanol–water partition coefficient (Wildman–Crippen LogP) is 7.40. The summed E-state index contributed by atoms with van der Waals surface area (Å²) in [5, 5.41) is 0. The van der Waals surface area contributed by atoms with E-state index in [-0.39, 0.29) is 84.4 Å². The van der Waals surface area contributed by atoms with Gasteiger partial charge in [-0.05, 0) is 56.9 Å². The fraction of sp³-hybridized carbons (Fsp3) is 0.833. The average molecular weight is 733 g/mol. The van der Waals surface area contributed by atoms with Crippen LogP contribution < -0.4 is 0 Å². The van der Waals surface area contributed by atoms with Gasteiger partial charge >= 0.3 is 5.97 Å². The molecule has 20 atom stereocenters. The predicted molar refractivity (Wildman–Crippen MR) is 197 cm³/mol. The molecule has 1 aromatic rings. The largest absolute Gasteiger partial charge is 0.457 e. The third-order valence-corrected chi connectivity index (χ3v) is 13.3. The van der Waals surface area contributed by atoms with E-state index in [2.05, 4.69) is 81.4 Å². The van der Waals surface area contributed by atoms with Gasteiger partial charge < -0.3 is 42.6 Å². The molecule has 10 nitrogen and oxygen atoms in total. The van der Waals surface area contributed by atoms with Crippen molar-refractivity contribution in [1.82, 2.24) is 0 Å². The minimum absolute atomic E-state index is 0.0478. The van der Waals surface area contributed by atoms with Crippen LogP contribution in [0.1, 0.15) is 95.6 Å². The number of hydrogen-bond acceptors (Lipinski definition) is 10. The number of rotatable bonds is 11. The van der Waals surface area contributed by atoms with Crippen LogP contribution in [0.2, 0.25) is 0 Å². The van der Waals surface area contributed by atoms with E-state index in [0.717, 1.165) is 5.56 Å². The summed E-state index contributed by atoms with van der Waals surface area (Å²) in [6.07, 6.45) is -3.94. The summed E-state index contributed by atoms with van der Waals surface area (Å²) in [6.45, 7) is 28.2. The lowest BCUT2D eigenvalue weighted by molar-refractivity contribution is -0.366. The van der Waals surface area contributed by atoms with Gasteiger partial charge in [0.05, 0.1) is 49.8 Å². The van der Waals surface area contributed by atoms with Gasteiger partial charge in [-0.25, -0.2) is 0 Å². The lowest BCUT2D eigenvalue weighted by Crippen LogP contribution is -2.60. The summed E-state index contributed by atoms with van der Waals surface area (Å²) in [5.41, 5.74) is 1.15. The third-order valence-electron chi connectivity index (χ3n) is 13.3. The summed E-state index contributed by atoms with van der Waals surface area (Å²) in [5.74, 6) is 0.789. The first-order valence-electron chi connectivity index (χ1n) is 20.0. The maximum atomic E-state index is 12.2. The lowest BCUT2D eigenvalue weighted by Gasteiger charge is -2.51. The SMILES string of the molecule is CC(=O)OC1[C@H](C)OC(C)[C@H](C)[C@@H]1O[C@@H]1OC(C)[C@H](C)[C@H](C)C1O[C@@H]1OC(C)[C@H](C)[C@H](O[C@H]2O[C@@H](COCc3ccccc3)[C@@H](C)C(C)C2C)C1C. The number of esters is 1. The zero-order chi connectivity index (χ0) is 38.0. The summed E-state index contributed by atoms with van der Waals surface area (Å²) in [7, 11) is 0. The van der Waals surface area contributed by atoms with Crippen LogP contribution in [-0.2, 0) is 54.0 Å². The monoisotopic (exact) mass is 732 g/mol. The van der Waals surface area contributed by atoms with Gasteiger partial charge in [0, 0.05) is 30.6 Å². The quantitative estimate of drug-likeness (QED) is 0.214. The van der Waals surface area contributed by atoms with Gasteiger partial charge in [0.15, 0.2) is 25.0 Å². The first kappa shape index (κ1) is 41.5. The first-order chi connectivity index (χ1) is 24.6. The van der Waals surface area contributed by atoms with E-state index in [1.165, 1.54) is 6.92 Å². The van der Waals surface area contributed by atoms with E-state index in [9.17, 15) is 4.79 Å². The molecular weight excluding hydrogens is 664 g/mol. The van der Waals surface area contributed by atoms with Gasteiger partial charge in [-0.15, -0.1) is 0 Å². The number of hydrogen-bond donors (Lipinski definition) is 0. The van der Waals surface area contributed by atoms with E-state index in [1.807, 2.05) is 32.0 Å². The van der Waals surface area contributed by atoms with E-state index in [4.69, 9.17) is 42.6 Å². The van der Waals surface area contributed by atoms with Gasteiger partial charge in [0.25, 0.3) is 0 Å². The molecule has 4 heterocycles. The van der Waals surface area contributed by atoms with Crippen LogP contribution in [0, 0.1) is 47.3 Å². The normalized spacial score (nSPS) is 47.2. The second-order valence-corrected chi connectivity index (χ2v) is 16.8. The van der Waals surface area contributed by atoms with Gasteiger partial charge in [-0.3, -0.25) is 4.79 Å². The van der Waals surface area contributed by atoms with Gasteiger partial charge in [-0.1, -0.05) is 85.7 Å². The fourth-order valence-corrected chi connectivity index (χ4v) is 8.54. The Balaban J connectivity index is 1.31. The Bertz CT molecular complexity index is 1260. The van der Waals surface area contributed by atoms with Crippen LogP contribution in [0.25, 0.3) is 0 Å². The van der Waals surface area contributed by atoms with E-state index >= 15 is 0 Å². The van der Waals surface area contributed by atoms with Crippen molar-refractivity contribution >= 4 is 5.97 Å². The van der Waals surface area contributed by atoms with Crippen molar-refractivity contribution in [1.29, 1.82) is 0 Å². The topological polar surface area (TPSA) is 100 Å².